The maximum Gasteiger partial charge on any atom is 0.0615 e. The number of hydrogen-bond donors (Lipinski definition) is 1. The van der Waals surface area contributed by atoms with Gasteiger partial charge in [-0.15, -0.1) is 0 Å². The van der Waals surface area contributed by atoms with E-state index in [1.54, 1.807) is 0 Å². The zero-order chi connectivity index (χ0) is 11.5. The number of nitrogens with zero attached hydrogens (tertiary/aromatic N) is 1. The summed E-state index contributed by atoms with van der Waals surface area (Å²) in [6.45, 7) is 4.34. The first-order valence-electron chi connectivity index (χ1n) is 5.32. The quantitative estimate of drug-likeness (QED) is 0.814. The van der Waals surface area contributed by atoms with E-state index in [0.29, 0.717) is 0 Å². The number of benzene rings is 1. The van der Waals surface area contributed by atoms with Crippen LogP contribution in [0.4, 0.5) is 0 Å². The number of rotatable bonds is 4. The molecule has 0 saturated heterocycles. The molecule has 0 radical (unpaired) electrons. The summed E-state index contributed by atoms with van der Waals surface area (Å²) >= 11 is 0. The second kappa shape index (κ2) is 4.77. The second-order valence-electron chi connectivity index (χ2n) is 4.71. The minimum atomic E-state index is -0.171. The first-order valence-corrected chi connectivity index (χ1v) is 5.32. The summed E-state index contributed by atoms with van der Waals surface area (Å²) in [4.78, 5) is 2.08. The van der Waals surface area contributed by atoms with Gasteiger partial charge in [-0.1, -0.05) is 29.8 Å². The number of aliphatic hydroxyl groups excluding tert-OH is 1. The van der Waals surface area contributed by atoms with Gasteiger partial charge >= 0.3 is 0 Å². The Kier molecular flexibility index (Phi) is 3.89. The molecule has 1 N–H and O–H groups in total. The van der Waals surface area contributed by atoms with Gasteiger partial charge in [-0.25, -0.2) is 0 Å². The van der Waals surface area contributed by atoms with E-state index in [1.807, 2.05) is 14.1 Å². The normalized spacial score (nSPS) is 15.3. The van der Waals surface area contributed by atoms with Gasteiger partial charge in [0.1, 0.15) is 0 Å². The lowest BCUT2D eigenvalue weighted by Crippen LogP contribution is -2.46. The molecule has 0 spiro atoms. The van der Waals surface area contributed by atoms with Crippen LogP contribution < -0.4 is 0 Å². The van der Waals surface area contributed by atoms with Gasteiger partial charge in [0.25, 0.3) is 0 Å². The van der Waals surface area contributed by atoms with Crippen molar-refractivity contribution in [3.8, 4) is 0 Å². The van der Waals surface area contributed by atoms with Gasteiger partial charge in [-0.3, -0.25) is 0 Å². The van der Waals surface area contributed by atoms with Crippen LogP contribution in [0.25, 0.3) is 0 Å². The molecule has 0 unspecified atom stereocenters. The lowest BCUT2D eigenvalue weighted by molar-refractivity contribution is 0.0842. The predicted molar refractivity (Wildman–Crippen MR) is 64.1 cm³/mol. The molecule has 0 bridgehead atoms. The van der Waals surface area contributed by atoms with E-state index in [0.717, 1.165) is 6.42 Å². The fourth-order valence-electron chi connectivity index (χ4n) is 1.50. The van der Waals surface area contributed by atoms with Gasteiger partial charge in [0, 0.05) is 5.54 Å². The van der Waals surface area contributed by atoms with Crippen molar-refractivity contribution >= 4 is 0 Å². The molecule has 0 heterocycles. The molecule has 15 heavy (non-hydrogen) atoms. The van der Waals surface area contributed by atoms with Crippen molar-refractivity contribution in [3.05, 3.63) is 35.4 Å². The van der Waals surface area contributed by atoms with E-state index in [2.05, 4.69) is 43.0 Å². The van der Waals surface area contributed by atoms with Crippen LogP contribution in [0.2, 0.25) is 0 Å². The third-order valence-corrected chi connectivity index (χ3v) is 3.13. The van der Waals surface area contributed by atoms with Gasteiger partial charge in [-0.05, 0) is 39.9 Å². The molecule has 0 aliphatic carbocycles. The third-order valence-electron chi connectivity index (χ3n) is 3.13. The largest absolute Gasteiger partial charge is 0.394 e. The molecular formula is C13H21NO. The van der Waals surface area contributed by atoms with Crippen LogP contribution in [0.15, 0.2) is 24.3 Å². The SMILES string of the molecule is Cc1ccc(C[C@@](C)(CO)N(C)C)cc1. The van der Waals surface area contributed by atoms with Crippen LogP contribution in [-0.2, 0) is 6.42 Å². The second-order valence-corrected chi connectivity index (χ2v) is 4.71. The van der Waals surface area contributed by atoms with Crippen LogP contribution in [0.1, 0.15) is 18.1 Å². The van der Waals surface area contributed by atoms with Crippen molar-refractivity contribution in [2.75, 3.05) is 20.7 Å². The van der Waals surface area contributed by atoms with E-state index < -0.39 is 0 Å². The van der Waals surface area contributed by atoms with Crippen molar-refractivity contribution < 1.29 is 5.11 Å². The number of aryl methyl sites for hydroxylation is 1. The predicted octanol–water partition coefficient (Wildman–Crippen LogP) is 1.85. The lowest BCUT2D eigenvalue weighted by Gasteiger charge is -2.34. The highest BCUT2D eigenvalue weighted by atomic mass is 16.3. The van der Waals surface area contributed by atoms with E-state index >= 15 is 0 Å². The molecular weight excluding hydrogens is 186 g/mol. The van der Waals surface area contributed by atoms with E-state index in [-0.39, 0.29) is 12.1 Å². The van der Waals surface area contributed by atoms with Crippen LogP contribution in [0.3, 0.4) is 0 Å². The Morgan fingerprint density at radius 3 is 2.13 bits per heavy atom. The highest BCUT2D eigenvalue weighted by Gasteiger charge is 2.25. The van der Waals surface area contributed by atoms with Crippen LogP contribution in [-0.4, -0.2) is 36.2 Å². The topological polar surface area (TPSA) is 23.5 Å². The van der Waals surface area contributed by atoms with Crippen molar-refractivity contribution in [2.24, 2.45) is 0 Å². The Balaban J connectivity index is 2.79. The fourth-order valence-corrected chi connectivity index (χ4v) is 1.50. The van der Waals surface area contributed by atoms with Crippen molar-refractivity contribution in [3.63, 3.8) is 0 Å². The molecule has 84 valence electrons. The Hall–Kier alpha value is -0.860. The van der Waals surface area contributed by atoms with Crippen LogP contribution in [0, 0.1) is 6.92 Å². The smallest absolute Gasteiger partial charge is 0.0615 e. The molecule has 0 aliphatic rings. The van der Waals surface area contributed by atoms with Gasteiger partial charge in [0.15, 0.2) is 0 Å². The molecule has 0 saturated carbocycles. The Bertz CT molecular complexity index is 305. The summed E-state index contributed by atoms with van der Waals surface area (Å²) < 4.78 is 0. The first-order chi connectivity index (χ1) is 6.98. The molecule has 1 aromatic carbocycles. The molecule has 1 rings (SSSR count). The van der Waals surface area contributed by atoms with E-state index in [9.17, 15) is 5.11 Å². The van der Waals surface area contributed by atoms with Crippen LogP contribution in [0.5, 0.6) is 0 Å². The zero-order valence-electron chi connectivity index (χ0n) is 10.1. The summed E-state index contributed by atoms with van der Waals surface area (Å²) in [5.74, 6) is 0. The minimum Gasteiger partial charge on any atom is -0.394 e. The van der Waals surface area contributed by atoms with Gasteiger partial charge < -0.3 is 10.0 Å². The molecule has 0 aliphatic heterocycles. The van der Waals surface area contributed by atoms with Gasteiger partial charge in [0.05, 0.1) is 6.61 Å². The average molecular weight is 207 g/mol. The Labute approximate surface area is 92.5 Å². The fraction of sp³-hybridized carbons (Fsp3) is 0.538. The average Bonchev–Trinajstić information content (AvgIpc) is 2.21. The standard InChI is InChI=1S/C13H21NO/c1-11-5-7-12(8-6-11)9-13(2,10-15)14(3)4/h5-8,15H,9-10H2,1-4H3/t13-/m0/s1. The summed E-state index contributed by atoms with van der Waals surface area (Å²) in [5.41, 5.74) is 2.37. The molecule has 0 aromatic heterocycles. The minimum absolute atomic E-state index is 0.171. The monoisotopic (exact) mass is 207 g/mol. The highest BCUT2D eigenvalue weighted by Crippen LogP contribution is 2.18. The maximum atomic E-state index is 9.43. The summed E-state index contributed by atoms with van der Waals surface area (Å²) in [5, 5.41) is 9.43. The maximum absolute atomic E-state index is 9.43. The third kappa shape index (κ3) is 3.05. The summed E-state index contributed by atoms with van der Waals surface area (Å²) in [7, 11) is 4.01. The molecule has 1 atom stereocenters. The molecule has 0 amide bonds. The van der Waals surface area contributed by atoms with E-state index in [1.165, 1.54) is 11.1 Å². The zero-order valence-corrected chi connectivity index (χ0v) is 10.1. The Morgan fingerprint density at radius 2 is 1.73 bits per heavy atom. The number of aliphatic hydroxyl groups is 1. The van der Waals surface area contributed by atoms with Crippen LogP contribution >= 0.6 is 0 Å². The summed E-state index contributed by atoms with van der Waals surface area (Å²) in [6, 6.07) is 8.49. The summed E-state index contributed by atoms with van der Waals surface area (Å²) in [6.07, 6.45) is 0.872. The molecule has 0 fully saturated rings. The van der Waals surface area contributed by atoms with Gasteiger partial charge in [-0.2, -0.15) is 0 Å². The van der Waals surface area contributed by atoms with Crippen molar-refractivity contribution in [1.82, 2.24) is 4.90 Å². The lowest BCUT2D eigenvalue weighted by atomic mass is 9.92. The van der Waals surface area contributed by atoms with Gasteiger partial charge in [0.2, 0.25) is 0 Å². The highest BCUT2D eigenvalue weighted by molar-refractivity contribution is 5.23. The Morgan fingerprint density at radius 1 is 1.20 bits per heavy atom. The first kappa shape index (κ1) is 12.2. The number of hydrogen-bond acceptors (Lipinski definition) is 2. The molecule has 1 aromatic rings. The number of likely N-dealkylation sites (N-methyl/N-ethyl adjacent to an activating group) is 1. The molecule has 2 heteroatoms. The van der Waals surface area contributed by atoms with Crippen molar-refractivity contribution in [1.29, 1.82) is 0 Å². The molecule has 2 nitrogen and oxygen atoms in total. The van der Waals surface area contributed by atoms with E-state index in [4.69, 9.17) is 0 Å². The van der Waals surface area contributed by atoms with Crippen molar-refractivity contribution in [2.45, 2.75) is 25.8 Å².